The highest BCUT2D eigenvalue weighted by Crippen LogP contribution is 2.46. The van der Waals surface area contributed by atoms with Crippen LogP contribution in [0, 0.1) is 29.6 Å². The van der Waals surface area contributed by atoms with Crippen molar-refractivity contribution in [3.05, 3.63) is 46.5 Å². The van der Waals surface area contributed by atoms with Gasteiger partial charge in [0.05, 0.1) is 22.1 Å². The number of thioether (sulfide) groups is 1. The van der Waals surface area contributed by atoms with Crippen LogP contribution < -0.4 is 10.6 Å². The summed E-state index contributed by atoms with van der Waals surface area (Å²) in [6.45, 7) is 1.93. The first-order chi connectivity index (χ1) is 13.9. The molecule has 144 valence electrons. The number of benzene rings is 1. The van der Waals surface area contributed by atoms with Gasteiger partial charge in [0.1, 0.15) is 23.0 Å². The Morgan fingerprint density at radius 3 is 2.38 bits per heavy atom. The van der Waals surface area contributed by atoms with Crippen LogP contribution in [0.3, 0.4) is 0 Å². The maximum absolute atomic E-state index is 12.9. The fourth-order valence-electron chi connectivity index (χ4n) is 3.49. The predicted octanol–water partition coefficient (Wildman–Crippen LogP) is 3.02. The summed E-state index contributed by atoms with van der Waals surface area (Å²) in [5.41, 5.74) is 8.68. The van der Waals surface area contributed by atoms with E-state index in [0.717, 1.165) is 30.2 Å². The van der Waals surface area contributed by atoms with E-state index >= 15 is 0 Å². The Morgan fingerprint density at radius 2 is 1.79 bits per heavy atom. The zero-order valence-electron chi connectivity index (χ0n) is 15.7. The molecule has 0 bridgehead atoms. The second-order valence-corrected chi connectivity index (χ2v) is 8.37. The molecule has 2 aromatic rings. The van der Waals surface area contributed by atoms with Crippen LogP contribution in [0.5, 0.6) is 0 Å². The third-order valence-electron chi connectivity index (χ3n) is 5.09. The minimum atomic E-state index is -0.692. The molecule has 1 atom stereocenters. The van der Waals surface area contributed by atoms with Gasteiger partial charge in [0.25, 0.3) is 0 Å². The second-order valence-electron chi connectivity index (χ2n) is 7.18. The third-order valence-corrected chi connectivity index (χ3v) is 6.26. The Kier molecular flexibility index (Phi) is 4.73. The van der Waals surface area contributed by atoms with Crippen LogP contribution in [0.15, 0.2) is 29.3 Å². The van der Waals surface area contributed by atoms with Gasteiger partial charge in [0.15, 0.2) is 0 Å². The second kappa shape index (κ2) is 7.23. The molecule has 2 amide bonds. The van der Waals surface area contributed by atoms with Crippen molar-refractivity contribution in [1.82, 2.24) is 4.98 Å². The average Bonchev–Trinajstić information content (AvgIpc) is 3.49. The Balaban J connectivity index is 1.67. The van der Waals surface area contributed by atoms with Gasteiger partial charge >= 0.3 is 0 Å². The summed E-state index contributed by atoms with van der Waals surface area (Å²) in [5.74, 6) is -0.457. The van der Waals surface area contributed by atoms with Crippen molar-refractivity contribution >= 4 is 35.1 Å². The fourth-order valence-corrected chi connectivity index (χ4v) is 4.61. The lowest BCUT2D eigenvalue weighted by Gasteiger charge is -2.16. The highest BCUT2D eigenvalue weighted by molar-refractivity contribution is 8.00. The van der Waals surface area contributed by atoms with Gasteiger partial charge in [0.2, 0.25) is 11.8 Å². The van der Waals surface area contributed by atoms with E-state index in [-0.39, 0.29) is 41.1 Å². The summed E-state index contributed by atoms with van der Waals surface area (Å²) in [7, 11) is 0. The molecule has 1 aromatic heterocycles. The number of imide groups is 1. The zero-order chi connectivity index (χ0) is 20.7. The number of hydrogen-bond donors (Lipinski definition) is 1. The molecule has 1 saturated heterocycles. The number of nitriles is 2. The number of anilines is 2. The summed E-state index contributed by atoms with van der Waals surface area (Å²) in [6, 6.07) is 11.3. The predicted molar refractivity (Wildman–Crippen MR) is 108 cm³/mol. The van der Waals surface area contributed by atoms with Crippen molar-refractivity contribution in [3.8, 4) is 12.1 Å². The van der Waals surface area contributed by atoms with E-state index in [4.69, 9.17) is 5.73 Å². The molecule has 4 rings (SSSR count). The number of rotatable bonds is 4. The van der Waals surface area contributed by atoms with E-state index in [9.17, 15) is 20.1 Å². The number of amides is 2. The molecule has 1 saturated carbocycles. The van der Waals surface area contributed by atoms with Gasteiger partial charge in [-0.05, 0) is 43.4 Å². The van der Waals surface area contributed by atoms with Crippen LogP contribution in [-0.2, 0) is 9.59 Å². The molecule has 0 spiro atoms. The topological polar surface area (TPSA) is 124 Å². The fraction of sp³-hybridized carbons (Fsp3) is 0.286. The largest absolute Gasteiger partial charge is 0.383 e. The maximum Gasteiger partial charge on any atom is 0.247 e. The maximum atomic E-state index is 12.9. The standard InChI is InChI=1S/C21H17N5O2S/c1-11-2-6-13(7-3-11)26-17(27)8-16(21(26)28)29-20-15(10-23)18(12-4-5-12)14(9-22)19(24)25-20/h2-3,6-7,12,16H,4-5,8H2,1H3,(H2,24,25)/t16-/m0/s1. The number of aromatic nitrogens is 1. The van der Waals surface area contributed by atoms with Gasteiger partial charge in [-0.2, -0.15) is 10.5 Å². The lowest BCUT2D eigenvalue weighted by Crippen LogP contribution is -2.31. The molecule has 1 aromatic carbocycles. The molecular weight excluding hydrogens is 386 g/mol. The van der Waals surface area contributed by atoms with Crippen molar-refractivity contribution in [2.45, 2.75) is 42.4 Å². The highest BCUT2D eigenvalue weighted by Gasteiger charge is 2.41. The Hall–Kier alpha value is -3.36. The summed E-state index contributed by atoms with van der Waals surface area (Å²) >= 11 is 1.07. The number of carbonyl (C=O) groups is 2. The van der Waals surface area contributed by atoms with Gasteiger partial charge in [-0.1, -0.05) is 29.5 Å². The molecule has 7 nitrogen and oxygen atoms in total. The summed E-state index contributed by atoms with van der Waals surface area (Å²) in [4.78, 5) is 30.9. The SMILES string of the molecule is Cc1ccc(N2C(=O)C[C@H](Sc3nc(N)c(C#N)c(C4CC4)c3C#N)C2=O)cc1. The van der Waals surface area contributed by atoms with Gasteiger partial charge < -0.3 is 5.73 Å². The van der Waals surface area contributed by atoms with E-state index < -0.39 is 5.25 Å². The number of nitrogens with zero attached hydrogens (tertiary/aromatic N) is 4. The molecule has 0 unspecified atom stereocenters. The van der Waals surface area contributed by atoms with Crippen LogP contribution in [0.1, 0.15) is 47.4 Å². The van der Waals surface area contributed by atoms with E-state index in [2.05, 4.69) is 17.1 Å². The van der Waals surface area contributed by atoms with Crippen LogP contribution in [0.4, 0.5) is 11.5 Å². The van der Waals surface area contributed by atoms with Gasteiger partial charge in [-0.25, -0.2) is 9.88 Å². The summed E-state index contributed by atoms with van der Waals surface area (Å²) < 4.78 is 0. The first-order valence-electron chi connectivity index (χ1n) is 9.18. The molecule has 1 aliphatic heterocycles. The van der Waals surface area contributed by atoms with Crippen molar-refractivity contribution in [1.29, 1.82) is 10.5 Å². The van der Waals surface area contributed by atoms with Crippen LogP contribution >= 0.6 is 11.8 Å². The lowest BCUT2D eigenvalue weighted by atomic mass is 10.0. The third kappa shape index (κ3) is 3.32. The summed E-state index contributed by atoms with van der Waals surface area (Å²) in [5, 5.41) is 18.8. The molecule has 2 heterocycles. The number of pyridine rings is 1. The van der Waals surface area contributed by atoms with E-state index in [1.165, 1.54) is 4.90 Å². The number of aryl methyl sites for hydroxylation is 1. The molecule has 0 radical (unpaired) electrons. The first-order valence-corrected chi connectivity index (χ1v) is 10.1. The number of hydrogen-bond acceptors (Lipinski definition) is 7. The van der Waals surface area contributed by atoms with Crippen LogP contribution in [-0.4, -0.2) is 22.0 Å². The molecule has 8 heteroatoms. The molecule has 2 aliphatic rings. The molecular formula is C21H17N5O2S. The highest BCUT2D eigenvalue weighted by atomic mass is 32.2. The average molecular weight is 403 g/mol. The van der Waals surface area contributed by atoms with E-state index in [1.807, 2.05) is 19.1 Å². The van der Waals surface area contributed by atoms with Crippen molar-refractivity contribution < 1.29 is 9.59 Å². The number of nitrogens with two attached hydrogens (primary N) is 1. The van der Waals surface area contributed by atoms with E-state index in [0.29, 0.717) is 16.3 Å². The molecule has 2 N–H and O–H groups in total. The Labute approximate surface area is 172 Å². The van der Waals surface area contributed by atoms with Crippen molar-refractivity contribution in [2.75, 3.05) is 10.6 Å². The monoisotopic (exact) mass is 403 g/mol. The van der Waals surface area contributed by atoms with Crippen LogP contribution in [0.25, 0.3) is 0 Å². The molecule has 2 fully saturated rings. The molecule has 1 aliphatic carbocycles. The minimum absolute atomic E-state index is 0.0165. The Morgan fingerprint density at radius 1 is 1.14 bits per heavy atom. The number of carbonyl (C=O) groups excluding carboxylic acids is 2. The quantitative estimate of drug-likeness (QED) is 0.778. The minimum Gasteiger partial charge on any atom is -0.383 e. The van der Waals surface area contributed by atoms with Gasteiger partial charge in [0, 0.05) is 6.42 Å². The number of nitrogen functional groups attached to an aromatic ring is 1. The normalized spacial score (nSPS) is 18.6. The lowest BCUT2D eigenvalue weighted by molar-refractivity contribution is -0.121. The first kappa shape index (κ1) is 19.0. The summed E-state index contributed by atoms with van der Waals surface area (Å²) in [6.07, 6.45) is 1.79. The van der Waals surface area contributed by atoms with Crippen LogP contribution in [0.2, 0.25) is 0 Å². The Bertz CT molecular complexity index is 1110. The smallest absolute Gasteiger partial charge is 0.247 e. The van der Waals surface area contributed by atoms with Gasteiger partial charge in [-0.3, -0.25) is 9.59 Å². The zero-order valence-corrected chi connectivity index (χ0v) is 16.5. The van der Waals surface area contributed by atoms with Gasteiger partial charge in [-0.15, -0.1) is 0 Å². The molecule has 29 heavy (non-hydrogen) atoms. The van der Waals surface area contributed by atoms with E-state index in [1.54, 1.807) is 12.1 Å². The van der Waals surface area contributed by atoms with Crippen molar-refractivity contribution in [3.63, 3.8) is 0 Å². The van der Waals surface area contributed by atoms with Crippen molar-refractivity contribution in [2.24, 2.45) is 0 Å².